The largest absolute Gasteiger partial charge is 0.298 e. The zero-order valence-corrected chi connectivity index (χ0v) is 13.8. The van der Waals surface area contributed by atoms with Gasteiger partial charge in [0.1, 0.15) is 0 Å². The van der Waals surface area contributed by atoms with Gasteiger partial charge in [0.05, 0.1) is 0 Å². The van der Waals surface area contributed by atoms with Crippen LogP contribution in [0, 0.1) is 11.3 Å². The zero-order chi connectivity index (χ0) is 12.9. The molecule has 0 spiro atoms. The average molecular weight is 318 g/mol. The lowest BCUT2D eigenvalue weighted by Gasteiger charge is -2.33. The van der Waals surface area contributed by atoms with E-state index in [9.17, 15) is 0 Å². The van der Waals surface area contributed by atoms with Gasteiger partial charge in [0, 0.05) is 23.3 Å². The predicted molar refractivity (Wildman–Crippen MR) is 82.0 cm³/mol. The Balaban J connectivity index is 2.56. The third-order valence-electron chi connectivity index (χ3n) is 3.30. The average Bonchev–Trinajstić information content (AvgIpc) is 2.74. The van der Waals surface area contributed by atoms with Gasteiger partial charge in [-0.2, -0.15) is 0 Å². The summed E-state index contributed by atoms with van der Waals surface area (Å²) in [5, 5.41) is 3.24. The first-order valence-corrected chi connectivity index (χ1v) is 8.28. The normalized spacial score (nSPS) is 14.2. The molecule has 3 heteroatoms. The third-order valence-corrected chi connectivity index (χ3v) is 4.94. The molecule has 17 heavy (non-hydrogen) atoms. The highest BCUT2D eigenvalue weighted by molar-refractivity contribution is 9.09. The van der Waals surface area contributed by atoms with Crippen molar-refractivity contribution in [1.82, 2.24) is 4.90 Å². The molecule has 1 aromatic rings. The van der Waals surface area contributed by atoms with E-state index in [2.05, 4.69) is 66.0 Å². The fourth-order valence-corrected chi connectivity index (χ4v) is 3.72. The first-order valence-electron chi connectivity index (χ1n) is 6.28. The van der Waals surface area contributed by atoms with Gasteiger partial charge in [-0.1, -0.05) is 49.7 Å². The van der Waals surface area contributed by atoms with Gasteiger partial charge in [0.2, 0.25) is 0 Å². The van der Waals surface area contributed by atoms with Crippen LogP contribution in [-0.4, -0.2) is 23.3 Å². The SMILES string of the molecule is CCN(Cc1cccs1)CC(CBr)C(C)(C)C. The van der Waals surface area contributed by atoms with Gasteiger partial charge in [-0.05, 0) is 29.3 Å². The lowest BCUT2D eigenvalue weighted by Crippen LogP contribution is -2.36. The molecule has 0 aliphatic heterocycles. The molecule has 1 aromatic heterocycles. The van der Waals surface area contributed by atoms with E-state index in [1.165, 1.54) is 11.4 Å². The lowest BCUT2D eigenvalue weighted by atomic mass is 9.82. The van der Waals surface area contributed by atoms with Gasteiger partial charge in [0.25, 0.3) is 0 Å². The molecule has 0 aliphatic rings. The smallest absolute Gasteiger partial charge is 0.0327 e. The van der Waals surface area contributed by atoms with E-state index in [0.717, 1.165) is 18.4 Å². The summed E-state index contributed by atoms with van der Waals surface area (Å²) in [6, 6.07) is 4.37. The van der Waals surface area contributed by atoms with Crippen molar-refractivity contribution in [1.29, 1.82) is 0 Å². The molecule has 0 radical (unpaired) electrons. The molecule has 0 aromatic carbocycles. The molecular formula is C14H24BrNS. The summed E-state index contributed by atoms with van der Waals surface area (Å²) in [5.41, 5.74) is 0.367. The maximum atomic E-state index is 3.66. The van der Waals surface area contributed by atoms with Crippen LogP contribution in [0.1, 0.15) is 32.6 Å². The number of alkyl halides is 1. The summed E-state index contributed by atoms with van der Waals surface area (Å²) in [6.07, 6.45) is 0. The van der Waals surface area contributed by atoms with Gasteiger partial charge < -0.3 is 0 Å². The predicted octanol–water partition coefficient (Wildman–Crippen LogP) is 4.63. The summed E-state index contributed by atoms with van der Waals surface area (Å²) in [4.78, 5) is 4.01. The monoisotopic (exact) mass is 317 g/mol. The Morgan fingerprint density at radius 2 is 2.12 bits per heavy atom. The fraction of sp³-hybridized carbons (Fsp3) is 0.714. The van der Waals surface area contributed by atoms with Crippen molar-refractivity contribution in [2.45, 2.75) is 34.2 Å². The van der Waals surface area contributed by atoms with Crippen LogP contribution in [0.3, 0.4) is 0 Å². The van der Waals surface area contributed by atoms with E-state index in [1.807, 2.05) is 11.3 Å². The standard InChI is InChI=1S/C14H24BrNS/c1-5-16(11-13-7-6-8-17-13)10-12(9-15)14(2,3)4/h6-8,12H,5,9-11H2,1-4H3. The number of halogens is 1. The molecule has 1 rings (SSSR count). The van der Waals surface area contributed by atoms with Crippen LogP contribution in [-0.2, 0) is 6.54 Å². The van der Waals surface area contributed by atoms with E-state index in [1.54, 1.807) is 0 Å². The van der Waals surface area contributed by atoms with Crippen molar-refractivity contribution in [3.63, 3.8) is 0 Å². The van der Waals surface area contributed by atoms with Gasteiger partial charge in [0.15, 0.2) is 0 Å². The molecular weight excluding hydrogens is 294 g/mol. The number of thiophene rings is 1. The molecule has 1 atom stereocenters. The Hall–Kier alpha value is 0.140. The Labute approximate surface area is 118 Å². The van der Waals surface area contributed by atoms with E-state index >= 15 is 0 Å². The second-order valence-electron chi connectivity index (χ2n) is 5.62. The van der Waals surface area contributed by atoms with Crippen LogP contribution < -0.4 is 0 Å². The first-order chi connectivity index (χ1) is 7.97. The van der Waals surface area contributed by atoms with Crippen LogP contribution in [0.15, 0.2) is 17.5 Å². The first kappa shape index (κ1) is 15.2. The highest BCUT2D eigenvalue weighted by Crippen LogP contribution is 2.28. The van der Waals surface area contributed by atoms with E-state index in [0.29, 0.717) is 11.3 Å². The van der Waals surface area contributed by atoms with Gasteiger partial charge in [-0.25, -0.2) is 0 Å². The van der Waals surface area contributed by atoms with Crippen LogP contribution in [0.4, 0.5) is 0 Å². The lowest BCUT2D eigenvalue weighted by molar-refractivity contribution is 0.166. The van der Waals surface area contributed by atoms with Crippen molar-refractivity contribution in [2.24, 2.45) is 11.3 Å². The zero-order valence-electron chi connectivity index (χ0n) is 11.4. The molecule has 0 saturated heterocycles. The van der Waals surface area contributed by atoms with E-state index in [4.69, 9.17) is 0 Å². The molecule has 0 aliphatic carbocycles. The number of nitrogens with zero attached hydrogens (tertiary/aromatic N) is 1. The third kappa shape index (κ3) is 5.11. The van der Waals surface area contributed by atoms with Crippen molar-refractivity contribution in [3.8, 4) is 0 Å². The molecule has 0 fully saturated rings. The molecule has 1 unspecified atom stereocenters. The maximum absolute atomic E-state index is 3.66. The van der Waals surface area contributed by atoms with Crippen molar-refractivity contribution >= 4 is 27.3 Å². The molecule has 1 nitrogen and oxygen atoms in total. The van der Waals surface area contributed by atoms with Crippen molar-refractivity contribution < 1.29 is 0 Å². The minimum Gasteiger partial charge on any atom is -0.298 e. The van der Waals surface area contributed by atoms with Gasteiger partial charge >= 0.3 is 0 Å². The summed E-state index contributed by atoms with van der Waals surface area (Å²) in [5.74, 6) is 0.697. The van der Waals surface area contributed by atoms with Crippen LogP contribution in [0.25, 0.3) is 0 Å². The summed E-state index contributed by atoms with van der Waals surface area (Å²) >= 11 is 5.52. The second-order valence-corrected chi connectivity index (χ2v) is 7.30. The molecule has 98 valence electrons. The molecule has 0 saturated carbocycles. The van der Waals surface area contributed by atoms with Crippen molar-refractivity contribution in [2.75, 3.05) is 18.4 Å². The summed E-state index contributed by atoms with van der Waals surface area (Å²) in [7, 11) is 0. The minimum atomic E-state index is 0.367. The van der Waals surface area contributed by atoms with Gasteiger partial charge in [-0.3, -0.25) is 4.90 Å². The molecule has 0 bridgehead atoms. The molecule has 0 amide bonds. The quantitative estimate of drug-likeness (QED) is 0.691. The number of hydrogen-bond donors (Lipinski definition) is 0. The van der Waals surface area contributed by atoms with Gasteiger partial charge in [-0.15, -0.1) is 11.3 Å². The van der Waals surface area contributed by atoms with Crippen LogP contribution in [0.2, 0.25) is 0 Å². The maximum Gasteiger partial charge on any atom is 0.0327 e. The van der Waals surface area contributed by atoms with Crippen molar-refractivity contribution in [3.05, 3.63) is 22.4 Å². The summed E-state index contributed by atoms with van der Waals surface area (Å²) < 4.78 is 0. The van der Waals surface area contributed by atoms with E-state index in [-0.39, 0.29) is 0 Å². The Morgan fingerprint density at radius 3 is 2.53 bits per heavy atom. The minimum absolute atomic E-state index is 0.367. The Kier molecular flexibility index (Phi) is 6.18. The number of rotatable bonds is 6. The Bertz CT molecular complexity index is 303. The highest BCUT2D eigenvalue weighted by Gasteiger charge is 2.25. The molecule has 1 heterocycles. The summed E-state index contributed by atoms with van der Waals surface area (Å²) in [6.45, 7) is 12.6. The number of hydrogen-bond acceptors (Lipinski definition) is 2. The Morgan fingerprint density at radius 1 is 1.41 bits per heavy atom. The van der Waals surface area contributed by atoms with E-state index < -0.39 is 0 Å². The fourth-order valence-electron chi connectivity index (χ4n) is 1.79. The van der Waals surface area contributed by atoms with Crippen LogP contribution >= 0.6 is 27.3 Å². The highest BCUT2D eigenvalue weighted by atomic mass is 79.9. The second kappa shape index (κ2) is 6.91. The van der Waals surface area contributed by atoms with Crippen LogP contribution in [0.5, 0.6) is 0 Å². The topological polar surface area (TPSA) is 3.24 Å². The molecule has 0 N–H and O–H groups in total.